The third kappa shape index (κ3) is 4.41. The summed E-state index contributed by atoms with van der Waals surface area (Å²) < 4.78 is 0. The Balaban J connectivity index is 1.82. The van der Waals surface area contributed by atoms with Gasteiger partial charge in [0.15, 0.2) is 6.10 Å². The van der Waals surface area contributed by atoms with Crippen molar-refractivity contribution in [2.75, 3.05) is 6.54 Å². The summed E-state index contributed by atoms with van der Waals surface area (Å²) in [6.45, 7) is 0.418. The number of benzene rings is 2. The highest BCUT2D eigenvalue weighted by atomic mass is 16.3. The van der Waals surface area contributed by atoms with Crippen LogP contribution in [0.3, 0.4) is 0 Å². The minimum Gasteiger partial charge on any atom is -0.385 e. The molecule has 0 spiro atoms. The maximum atomic E-state index is 11.8. The third-order valence-electron chi connectivity index (χ3n) is 3.26. The van der Waals surface area contributed by atoms with Gasteiger partial charge in [-0.05, 0) is 17.5 Å². The fraction of sp³-hybridized carbons (Fsp3) is 0.235. The van der Waals surface area contributed by atoms with Gasteiger partial charge in [-0.2, -0.15) is 0 Å². The molecule has 0 aliphatic carbocycles. The second-order valence-corrected chi connectivity index (χ2v) is 4.83. The summed E-state index contributed by atoms with van der Waals surface area (Å²) in [7, 11) is 0. The molecule has 0 unspecified atom stereocenters. The van der Waals surface area contributed by atoms with E-state index in [1.165, 1.54) is 0 Å². The molecule has 1 amide bonds. The molecule has 21 heavy (non-hydrogen) atoms. The lowest BCUT2D eigenvalue weighted by Crippen LogP contribution is -2.39. The van der Waals surface area contributed by atoms with Gasteiger partial charge in [-0.15, -0.1) is 0 Å². The molecule has 110 valence electrons. The summed E-state index contributed by atoms with van der Waals surface area (Å²) in [5, 5.41) is 22.5. The van der Waals surface area contributed by atoms with Gasteiger partial charge < -0.3 is 15.5 Å². The molecule has 2 aromatic carbocycles. The van der Waals surface area contributed by atoms with E-state index in [9.17, 15) is 15.0 Å². The van der Waals surface area contributed by atoms with Crippen molar-refractivity contribution in [2.45, 2.75) is 18.6 Å². The number of hydrogen-bond acceptors (Lipinski definition) is 3. The second-order valence-electron chi connectivity index (χ2n) is 4.83. The second kappa shape index (κ2) is 7.57. The smallest absolute Gasteiger partial charge is 0.251 e. The number of rotatable bonds is 6. The fourth-order valence-electron chi connectivity index (χ4n) is 2.06. The minimum atomic E-state index is -1.47. The normalized spacial score (nSPS) is 13.4. The molecule has 0 aliphatic heterocycles. The van der Waals surface area contributed by atoms with Crippen LogP contribution in [0.25, 0.3) is 0 Å². The molecule has 0 fully saturated rings. The Morgan fingerprint density at radius 1 is 0.952 bits per heavy atom. The van der Waals surface area contributed by atoms with E-state index in [1.807, 2.05) is 36.4 Å². The van der Waals surface area contributed by atoms with E-state index in [0.29, 0.717) is 18.5 Å². The summed E-state index contributed by atoms with van der Waals surface area (Å²) in [6, 6.07) is 18.4. The number of carbonyl (C=O) groups is 1. The summed E-state index contributed by atoms with van der Waals surface area (Å²) in [6.07, 6.45) is -2.01. The number of aliphatic hydroxyl groups excluding tert-OH is 2. The van der Waals surface area contributed by atoms with Gasteiger partial charge in [0.2, 0.25) is 0 Å². The Morgan fingerprint density at radius 2 is 1.52 bits per heavy atom. The number of hydrogen-bond donors (Lipinski definition) is 3. The van der Waals surface area contributed by atoms with Gasteiger partial charge in [-0.3, -0.25) is 4.79 Å². The standard InChI is InChI=1S/C17H19NO3/c19-15(14-9-5-2-6-10-14)16(20)17(21)18-12-11-13-7-3-1-4-8-13/h1-10,15-16,19-20H,11-12H2,(H,18,21)/t15-,16-/m1/s1. The molecular weight excluding hydrogens is 266 g/mol. The van der Waals surface area contributed by atoms with Crippen LogP contribution in [-0.4, -0.2) is 28.8 Å². The SMILES string of the molecule is O=C(NCCc1ccccc1)[C@H](O)[C@H](O)c1ccccc1. The van der Waals surface area contributed by atoms with Crippen molar-refractivity contribution in [3.8, 4) is 0 Å². The highest BCUT2D eigenvalue weighted by Gasteiger charge is 2.24. The van der Waals surface area contributed by atoms with E-state index < -0.39 is 18.1 Å². The zero-order chi connectivity index (χ0) is 15.1. The van der Waals surface area contributed by atoms with Crippen molar-refractivity contribution in [3.05, 3.63) is 71.8 Å². The Morgan fingerprint density at radius 3 is 2.14 bits per heavy atom. The monoisotopic (exact) mass is 285 g/mol. The van der Waals surface area contributed by atoms with E-state index in [-0.39, 0.29) is 0 Å². The molecule has 0 aliphatic rings. The zero-order valence-corrected chi connectivity index (χ0v) is 11.6. The third-order valence-corrected chi connectivity index (χ3v) is 3.26. The average Bonchev–Trinajstić information content (AvgIpc) is 2.55. The molecule has 3 N–H and O–H groups in total. The Kier molecular flexibility index (Phi) is 5.49. The lowest BCUT2D eigenvalue weighted by atomic mass is 10.0. The van der Waals surface area contributed by atoms with Gasteiger partial charge in [0, 0.05) is 6.54 Å². The van der Waals surface area contributed by atoms with Crippen molar-refractivity contribution in [1.29, 1.82) is 0 Å². The first-order valence-corrected chi connectivity index (χ1v) is 6.91. The molecule has 0 heterocycles. The zero-order valence-electron chi connectivity index (χ0n) is 11.6. The van der Waals surface area contributed by atoms with Crippen molar-refractivity contribution in [3.63, 3.8) is 0 Å². The van der Waals surface area contributed by atoms with Crippen LogP contribution < -0.4 is 5.32 Å². The topological polar surface area (TPSA) is 69.6 Å². The molecular formula is C17H19NO3. The molecule has 0 saturated carbocycles. The van der Waals surface area contributed by atoms with Crippen LogP contribution in [0.2, 0.25) is 0 Å². The minimum absolute atomic E-state index is 0.418. The van der Waals surface area contributed by atoms with Crippen LogP contribution >= 0.6 is 0 Å². The summed E-state index contributed by atoms with van der Waals surface area (Å²) in [5.41, 5.74) is 1.62. The van der Waals surface area contributed by atoms with Crippen molar-refractivity contribution >= 4 is 5.91 Å². The molecule has 0 radical (unpaired) electrons. The van der Waals surface area contributed by atoms with E-state index in [0.717, 1.165) is 5.56 Å². The quantitative estimate of drug-likeness (QED) is 0.752. The van der Waals surface area contributed by atoms with E-state index in [2.05, 4.69) is 5.32 Å². The molecule has 2 rings (SSSR count). The first-order chi connectivity index (χ1) is 10.2. The van der Waals surface area contributed by atoms with Crippen LogP contribution in [0.4, 0.5) is 0 Å². The van der Waals surface area contributed by atoms with Gasteiger partial charge in [-0.25, -0.2) is 0 Å². The largest absolute Gasteiger partial charge is 0.385 e. The van der Waals surface area contributed by atoms with Crippen molar-refractivity contribution in [1.82, 2.24) is 5.32 Å². The Bertz CT molecular complexity index is 557. The Labute approximate surface area is 124 Å². The van der Waals surface area contributed by atoms with Gasteiger partial charge in [0.25, 0.3) is 5.91 Å². The highest BCUT2D eigenvalue weighted by molar-refractivity contribution is 5.81. The predicted octanol–water partition coefficient (Wildman–Crippen LogP) is 1.44. The number of carbonyl (C=O) groups excluding carboxylic acids is 1. The lowest BCUT2D eigenvalue weighted by molar-refractivity contribution is -0.135. The lowest BCUT2D eigenvalue weighted by Gasteiger charge is -2.17. The molecule has 4 nitrogen and oxygen atoms in total. The van der Waals surface area contributed by atoms with Crippen LogP contribution in [0.15, 0.2) is 60.7 Å². The maximum absolute atomic E-state index is 11.8. The molecule has 0 saturated heterocycles. The number of aliphatic hydroxyl groups is 2. The first-order valence-electron chi connectivity index (χ1n) is 6.91. The van der Waals surface area contributed by atoms with Crippen LogP contribution in [-0.2, 0) is 11.2 Å². The number of nitrogens with one attached hydrogen (secondary N) is 1. The van der Waals surface area contributed by atoms with E-state index >= 15 is 0 Å². The highest BCUT2D eigenvalue weighted by Crippen LogP contribution is 2.16. The van der Waals surface area contributed by atoms with Gasteiger partial charge in [-0.1, -0.05) is 60.7 Å². The van der Waals surface area contributed by atoms with Crippen LogP contribution in [0.1, 0.15) is 17.2 Å². The fourth-order valence-corrected chi connectivity index (χ4v) is 2.06. The molecule has 2 atom stereocenters. The van der Waals surface area contributed by atoms with Gasteiger partial charge in [0.1, 0.15) is 6.10 Å². The average molecular weight is 285 g/mol. The molecule has 2 aromatic rings. The van der Waals surface area contributed by atoms with Crippen molar-refractivity contribution < 1.29 is 15.0 Å². The summed E-state index contributed by atoms with van der Waals surface area (Å²) in [5.74, 6) is -0.567. The number of amides is 1. The molecule has 0 aromatic heterocycles. The van der Waals surface area contributed by atoms with Crippen LogP contribution in [0, 0.1) is 0 Å². The van der Waals surface area contributed by atoms with Gasteiger partial charge >= 0.3 is 0 Å². The predicted molar refractivity (Wildman–Crippen MR) is 80.6 cm³/mol. The first kappa shape index (κ1) is 15.2. The van der Waals surface area contributed by atoms with Gasteiger partial charge in [0.05, 0.1) is 0 Å². The van der Waals surface area contributed by atoms with Crippen molar-refractivity contribution in [2.24, 2.45) is 0 Å². The van der Waals surface area contributed by atoms with E-state index in [1.54, 1.807) is 24.3 Å². The molecule has 0 bridgehead atoms. The Hall–Kier alpha value is -2.17. The van der Waals surface area contributed by atoms with Crippen LogP contribution in [0.5, 0.6) is 0 Å². The molecule has 4 heteroatoms. The summed E-state index contributed by atoms with van der Waals surface area (Å²) >= 11 is 0. The maximum Gasteiger partial charge on any atom is 0.251 e. The van der Waals surface area contributed by atoms with E-state index in [4.69, 9.17) is 0 Å². The summed E-state index contributed by atoms with van der Waals surface area (Å²) in [4.78, 5) is 11.8.